The third-order valence-electron chi connectivity index (χ3n) is 3.07. The first-order valence-corrected chi connectivity index (χ1v) is 6.23. The zero-order valence-corrected chi connectivity index (χ0v) is 11.2. The van der Waals surface area contributed by atoms with E-state index in [4.69, 9.17) is 0 Å². The van der Waals surface area contributed by atoms with Gasteiger partial charge in [-0.15, -0.1) is 0 Å². The summed E-state index contributed by atoms with van der Waals surface area (Å²) in [4.78, 5) is 12.0. The molecule has 0 saturated heterocycles. The summed E-state index contributed by atoms with van der Waals surface area (Å²) >= 11 is 0. The van der Waals surface area contributed by atoms with Crippen LogP contribution < -0.4 is 0 Å². The second-order valence-corrected chi connectivity index (χ2v) is 4.78. The summed E-state index contributed by atoms with van der Waals surface area (Å²) in [5.74, 6) is -1.09. The van der Waals surface area contributed by atoms with Gasteiger partial charge in [-0.2, -0.15) is 13.2 Å². The number of carbonyl (C=O) groups is 1. The van der Waals surface area contributed by atoms with Crippen LogP contribution in [0.15, 0.2) is 42.5 Å². The predicted octanol–water partition coefficient (Wildman–Crippen LogP) is 4.58. The SMILES string of the molecule is Cc1ccc(F)c(C(=O)Cc2ccc(C(F)(F)F)cc2)c1. The van der Waals surface area contributed by atoms with Crippen molar-refractivity contribution < 1.29 is 22.4 Å². The quantitative estimate of drug-likeness (QED) is 0.598. The molecule has 5 heteroatoms. The van der Waals surface area contributed by atoms with E-state index < -0.39 is 23.3 Å². The molecule has 0 spiro atoms. The van der Waals surface area contributed by atoms with Crippen molar-refractivity contribution in [2.75, 3.05) is 0 Å². The van der Waals surface area contributed by atoms with Gasteiger partial charge in [-0.1, -0.05) is 23.8 Å². The number of alkyl halides is 3. The van der Waals surface area contributed by atoms with Gasteiger partial charge in [-0.3, -0.25) is 4.79 Å². The Morgan fingerprint density at radius 1 is 1.05 bits per heavy atom. The van der Waals surface area contributed by atoms with E-state index in [1.165, 1.54) is 24.3 Å². The Balaban J connectivity index is 2.18. The number of hydrogen-bond acceptors (Lipinski definition) is 1. The van der Waals surface area contributed by atoms with Crippen LogP contribution in [0.2, 0.25) is 0 Å². The molecule has 0 aliphatic rings. The number of aryl methyl sites for hydroxylation is 1. The Bertz CT molecular complexity index is 657. The normalized spacial score (nSPS) is 11.5. The molecule has 2 aromatic rings. The lowest BCUT2D eigenvalue weighted by molar-refractivity contribution is -0.137. The number of ketones is 1. The molecule has 0 saturated carbocycles. The van der Waals surface area contributed by atoms with Crippen molar-refractivity contribution in [1.82, 2.24) is 0 Å². The summed E-state index contributed by atoms with van der Waals surface area (Å²) in [6.45, 7) is 1.73. The first-order valence-electron chi connectivity index (χ1n) is 6.23. The molecule has 0 fully saturated rings. The summed E-state index contributed by atoms with van der Waals surface area (Å²) in [7, 11) is 0. The molecule has 0 bridgehead atoms. The van der Waals surface area contributed by atoms with Crippen molar-refractivity contribution in [3.63, 3.8) is 0 Å². The van der Waals surface area contributed by atoms with Crippen molar-refractivity contribution in [2.24, 2.45) is 0 Å². The third kappa shape index (κ3) is 3.68. The fourth-order valence-corrected chi connectivity index (χ4v) is 1.94. The van der Waals surface area contributed by atoms with Crippen molar-refractivity contribution in [3.8, 4) is 0 Å². The van der Waals surface area contributed by atoms with E-state index >= 15 is 0 Å². The van der Waals surface area contributed by atoms with Crippen LogP contribution >= 0.6 is 0 Å². The maximum absolute atomic E-state index is 13.6. The number of halogens is 4. The molecule has 1 nitrogen and oxygen atoms in total. The van der Waals surface area contributed by atoms with Crippen LogP contribution in [0.4, 0.5) is 17.6 Å². The number of benzene rings is 2. The summed E-state index contributed by atoms with van der Waals surface area (Å²) in [6, 6.07) is 8.47. The lowest BCUT2D eigenvalue weighted by Gasteiger charge is -2.08. The van der Waals surface area contributed by atoms with Gasteiger partial charge in [-0.05, 0) is 36.8 Å². The molecule has 0 amide bonds. The molecular formula is C16H12F4O. The Labute approximate surface area is 119 Å². The second kappa shape index (κ2) is 5.68. The van der Waals surface area contributed by atoms with E-state index in [0.29, 0.717) is 5.56 Å². The predicted molar refractivity (Wildman–Crippen MR) is 70.6 cm³/mol. The molecule has 0 aliphatic carbocycles. The van der Waals surface area contributed by atoms with Crippen molar-refractivity contribution >= 4 is 5.78 Å². The molecule has 2 rings (SSSR count). The fourth-order valence-electron chi connectivity index (χ4n) is 1.94. The first kappa shape index (κ1) is 15.2. The number of Topliss-reactive ketones (excluding diaryl/α,β-unsaturated/α-hetero) is 1. The minimum Gasteiger partial charge on any atom is -0.294 e. The molecule has 0 aliphatic heterocycles. The Morgan fingerprint density at radius 3 is 2.24 bits per heavy atom. The number of hydrogen-bond donors (Lipinski definition) is 0. The van der Waals surface area contributed by atoms with Gasteiger partial charge in [0.25, 0.3) is 0 Å². The lowest BCUT2D eigenvalue weighted by atomic mass is 10.00. The topological polar surface area (TPSA) is 17.1 Å². The molecule has 0 unspecified atom stereocenters. The summed E-state index contributed by atoms with van der Waals surface area (Å²) < 4.78 is 50.9. The average molecular weight is 296 g/mol. The van der Waals surface area contributed by atoms with E-state index in [1.807, 2.05) is 0 Å². The van der Waals surface area contributed by atoms with Crippen LogP contribution in [0.5, 0.6) is 0 Å². The van der Waals surface area contributed by atoms with Crippen LogP contribution in [0.1, 0.15) is 27.0 Å². The minimum absolute atomic E-state index is 0.0464. The highest BCUT2D eigenvalue weighted by Crippen LogP contribution is 2.29. The van der Waals surface area contributed by atoms with Crippen LogP contribution in [0.25, 0.3) is 0 Å². The largest absolute Gasteiger partial charge is 0.416 e. The van der Waals surface area contributed by atoms with Gasteiger partial charge < -0.3 is 0 Å². The Hall–Kier alpha value is -2.17. The van der Waals surface area contributed by atoms with Gasteiger partial charge in [0, 0.05) is 6.42 Å². The Morgan fingerprint density at radius 2 is 1.67 bits per heavy atom. The second-order valence-electron chi connectivity index (χ2n) is 4.78. The highest BCUT2D eigenvalue weighted by molar-refractivity contribution is 5.97. The summed E-state index contributed by atoms with van der Waals surface area (Å²) in [5.41, 5.74) is 0.330. The Kier molecular flexibility index (Phi) is 4.11. The molecular weight excluding hydrogens is 284 g/mol. The van der Waals surface area contributed by atoms with Crippen LogP contribution in [0, 0.1) is 12.7 Å². The van der Waals surface area contributed by atoms with E-state index in [2.05, 4.69) is 0 Å². The molecule has 0 N–H and O–H groups in total. The molecule has 2 aromatic carbocycles. The highest BCUT2D eigenvalue weighted by atomic mass is 19.4. The molecule has 21 heavy (non-hydrogen) atoms. The maximum atomic E-state index is 13.6. The lowest BCUT2D eigenvalue weighted by Crippen LogP contribution is -2.08. The fraction of sp³-hybridized carbons (Fsp3) is 0.188. The van der Waals surface area contributed by atoms with E-state index in [0.717, 1.165) is 17.7 Å². The monoisotopic (exact) mass is 296 g/mol. The average Bonchev–Trinajstić information content (AvgIpc) is 2.41. The van der Waals surface area contributed by atoms with E-state index in [9.17, 15) is 22.4 Å². The van der Waals surface area contributed by atoms with Crippen LogP contribution in [-0.2, 0) is 12.6 Å². The third-order valence-corrected chi connectivity index (χ3v) is 3.07. The van der Waals surface area contributed by atoms with Crippen LogP contribution in [0.3, 0.4) is 0 Å². The van der Waals surface area contributed by atoms with Gasteiger partial charge >= 0.3 is 6.18 Å². The highest BCUT2D eigenvalue weighted by Gasteiger charge is 2.30. The van der Waals surface area contributed by atoms with Crippen molar-refractivity contribution in [1.29, 1.82) is 0 Å². The van der Waals surface area contributed by atoms with Crippen molar-refractivity contribution in [3.05, 3.63) is 70.5 Å². The first-order chi connectivity index (χ1) is 9.77. The van der Waals surface area contributed by atoms with Gasteiger partial charge in [0.05, 0.1) is 11.1 Å². The standard InChI is InChI=1S/C16H12F4O/c1-10-2-7-14(17)13(8-10)15(21)9-11-3-5-12(6-4-11)16(18,19)20/h2-8H,9H2,1H3. The van der Waals surface area contributed by atoms with Gasteiger partial charge in [0.15, 0.2) is 5.78 Å². The zero-order valence-electron chi connectivity index (χ0n) is 11.2. The zero-order chi connectivity index (χ0) is 15.6. The summed E-state index contributed by atoms with van der Waals surface area (Å²) in [6.07, 6.45) is -4.55. The molecule has 0 heterocycles. The summed E-state index contributed by atoms with van der Waals surface area (Å²) in [5, 5.41) is 0. The molecule has 0 aromatic heterocycles. The van der Waals surface area contributed by atoms with E-state index in [1.54, 1.807) is 13.0 Å². The molecule has 0 radical (unpaired) electrons. The van der Waals surface area contributed by atoms with Crippen molar-refractivity contribution in [2.45, 2.75) is 19.5 Å². The molecule has 0 atom stereocenters. The smallest absolute Gasteiger partial charge is 0.294 e. The molecule has 110 valence electrons. The van der Waals surface area contributed by atoms with Crippen LogP contribution in [-0.4, -0.2) is 5.78 Å². The van der Waals surface area contributed by atoms with E-state index in [-0.39, 0.29) is 12.0 Å². The van der Waals surface area contributed by atoms with Gasteiger partial charge in [0.1, 0.15) is 5.82 Å². The maximum Gasteiger partial charge on any atom is 0.416 e. The van der Waals surface area contributed by atoms with Gasteiger partial charge in [-0.25, -0.2) is 4.39 Å². The van der Waals surface area contributed by atoms with Gasteiger partial charge in [0.2, 0.25) is 0 Å². The minimum atomic E-state index is -4.41. The number of carbonyl (C=O) groups excluding carboxylic acids is 1. The number of rotatable bonds is 3.